The van der Waals surface area contributed by atoms with Gasteiger partial charge in [0.15, 0.2) is 0 Å². The van der Waals surface area contributed by atoms with Gasteiger partial charge in [-0.3, -0.25) is 4.90 Å². The number of hydrogen-bond acceptors (Lipinski definition) is 2. The molecule has 0 saturated carbocycles. The van der Waals surface area contributed by atoms with E-state index in [0.717, 1.165) is 30.4 Å². The van der Waals surface area contributed by atoms with Gasteiger partial charge in [-0.1, -0.05) is 22.9 Å². The van der Waals surface area contributed by atoms with E-state index in [0.29, 0.717) is 6.04 Å². The second kappa shape index (κ2) is 4.95. The summed E-state index contributed by atoms with van der Waals surface area (Å²) in [5.41, 5.74) is 0. The fourth-order valence-corrected chi connectivity index (χ4v) is 3.21. The molecule has 2 nitrogen and oxygen atoms in total. The van der Waals surface area contributed by atoms with Crippen LogP contribution in [0.15, 0.2) is 0 Å². The molecule has 3 heteroatoms. The van der Waals surface area contributed by atoms with Crippen molar-refractivity contribution in [3.05, 3.63) is 0 Å². The van der Waals surface area contributed by atoms with Crippen molar-refractivity contribution < 1.29 is 4.74 Å². The van der Waals surface area contributed by atoms with Crippen molar-refractivity contribution in [1.82, 2.24) is 4.90 Å². The van der Waals surface area contributed by atoms with Crippen LogP contribution < -0.4 is 0 Å². The Morgan fingerprint density at radius 1 is 1.43 bits per heavy atom. The summed E-state index contributed by atoms with van der Waals surface area (Å²) in [6, 6.07) is 0.708. The Morgan fingerprint density at radius 3 is 2.93 bits per heavy atom. The second-order valence-electron chi connectivity index (χ2n) is 4.83. The van der Waals surface area contributed by atoms with Gasteiger partial charge < -0.3 is 4.74 Å². The van der Waals surface area contributed by atoms with Crippen molar-refractivity contribution in [3.63, 3.8) is 0 Å². The lowest BCUT2D eigenvalue weighted by Gasteiger charge is -2.38. The molecule has 2 heterocycles. The Hall–Kier alpha value is 0.400. The van der Waals surface area contributed by atoms with Gasteiger partial charge in [-0.25, -0.2) is 0 Å². The highest BCUT2D eigenvalue weighted by Gasteiger charge is 2.30. The summed E-state index contributed by atoms with van der Waals surface area (Å²) in [5, 5.41) is 1.15. The first kappa shape index (κ1) is 10.9. The SMILES string of the molecule is CC1CC(CBr)CN(C2CCOC2)C1. The maximum Gasteiger partial charge on any atom is 0.0622 e. The fraction of sp³-hybridized carbons (Fsp3) is 1.00. The van der Waals surface area contributed by atoms with Crippen LogP contribution in [-0.4, -0.2) is 42.6 Å². The van der Waals surface area contributed by atoms with Crippen LogP contribution in [-0.2, 0) is 4.74 Å². The van der Waals surface area contributed by atoms with E-state index in [9.17, 15) is 0 Å². The number of rotatable bonds is 2. The molecule has 0 aliphatic carbocycles. The first-order valence-corrected chi connectivity index (χ1v) is 6.79. The van der Waals surface area contributed by atoms with E-state index < -0.39 is 0 Å². The van der Waals surface area contributed by atoms with Gasteiger partial charge in [-0.15, -0.1) is 0 Å². The minimum atomic E-state index is 0.708. The fourth-order valence-electron chi connectivity index (χ4n) is 2.74. The topological polar surface area (TPSA) is 12.5 Å². The average molecular weight is 262 g/mol. The molecule has 2 fully saturated rings. The average Bonchev–Trinajstić information content (AvgIpc) is 2.69. The highest BCUT2D eigenvalue weighted by molar-refractivity contribution is 9.09. The monoisotopic (exact) mass is 261 g/mol. The van der Waals surface area contributed by atoms with E-state index >= 15 is 0 Å². The Kier molecular flexibility index (Phi) is 3.86. The molecule has 2 aliphatic heterocycles. The van der Waals surface area contributed by atoms with E-state index in [1.807, 2.05) is 0 Å². The molecule has 82 valence electrons. The predicted octanol–water partition coefficient (Wildman–Crippen LogP) is 2.13. The van der Waals surface area contributed by atoms with Crippen molar-refractivity contribution in [1.29, 1.82) is 0 Å². The lowest BCUT2D eigenvalue weighted by Crippen LogP contribution is -2.46. The van der Waals surface area contributed by atoms with Gasteiger partial charge in [-0.05, 0) is 24.7 Å². The van der Waals surface area contributed by atoms with Gasteiger partial charge in [0.25, 0.3) is 0 Å². The zero-order valence-corrected chi connectivity index (χ0v) is 10.5. The molecule has 0 amide bonds. The third-order valence-corrected chi connectivity index (χ3v) is 4.33. The quantitative estimate of drug-likeness (QED) is 0.707. The molecule has 3 atom stereocenters. The van der Waals surface area contributed by atoms with Gasteiger partial charge >= 0.3 is 0 Å². The van der Waals surface area contributed by atoms with Crippen molar-refractivity contribution in [2.75, 3.05) is 31.6 Å². The minimum Gasteiger partial charge on any atom is -0.380 e. The minimum absolute atomic E-state index is 0.708. The van der Waals surface area contributed by atoms with Crippen molar-refractivity contribution in [2.45, 2.75) is 25.8 Å². The smallest absolute Gasteiger partial charge is 0.0622 e. The van der Waals surface area contributed by atoms with Crippen LogP contribution in [0.4, 0.5) is 0 Å². The van der Waals surface area contributed by atoms with Crippen LogP contribution in [0.2, 0.25) is 0 Å². The zero-order chi connectivity index (χ0) is 9.97. The third-order valence-electron chi connectivity index (χ3n) is 3.41. The lowest BCUT2D eigenvalue weighted by atomic mass is 9.90. The van der Waals surface area contributed by atoms with Crippen LogP contribution in [0.25, 0.3) is 0 Å². The Morgan fingerprint density at radius 2 is 2.29 bits per heavy atom. The summed E-state index contributed by atoms with van der Waals surface area (Å²) in [6.45, 7) is 6.84. The maximum atomic E-state index is 5.46. The number of nitrogens with zero attached hydrogens (tertiary/aromatic N) is 1. The van der Waals surface area contributed by atoms with Gasteiger partial charge in [0.05, 0.1) is 6.61 Å². The number of likely N-dealkylation sites (tertiary alicyclic amines) is 1. The first-order chi connectivity index (χ1) is 6.79. The summed E-state index contributed by atoms with van der Waals surface area (Å²) >= 11 is 3.62. The summed E-state index contributed by atoms with van der Waals surface area (Å²) < 4.78 is 5.46. The molecule has 3 unspecified atom stereocenters. The van der Waals surface area contributed by atoms with Crippen molar-refractivity contribution in [2.24, 2.45) is 11.8 Å². The summed E-state index contributed by atoms with van der Waals surface area (Å²) in [6.07, 6.45) is 2.62. The van der Waals surface area contributed by atoms with E-state index in [4.69, 9.17) is 4.74 Å². The molecule has 2 saturated heterocycles. The lowest BCUT2D eigenvalue weighted by molar-refractivity contribution is 0.0844. The molecule has 2 rings (SSSR count). The normalized spacial score (nSPS) is 40.3. The highest BCUT2D eigenvalue weighted by Crippen LogP contribution is 2.26. The predicted molar refractivity (Wildman–Crippen MR) is 61.9 cm³/mol. The largest absolute Gasteiger partial charge is 0.380 e. The molecule has 0 aromatic heterocycles. The molecule has 0 bridgehead atoms. The summed E-state index contributed by atoms with van der Waals surface area (Å²) in [4.78, 5) is 2.65. The molecular weight excluding hydrogens is 242 g/mol. The zero-order valence-electron chi connectivity index (χ0n) is 8.92. The van der Waals surface area contributed by atoms with Crippen LogP contribution in [0.1, 0.15) is 19.8 Å². The van der Waals surface area contributed by atoms with Crippen LogP contribution >= 0.6 is 15.9 Å². The first-order valence-electron chi connectivity index (χ1n) is 5.67. The van der Waals surface area contributed by atoms with Gasteiger partial charge in [0.1, 0.15) is 0 Å². The van der Waals surface area contributed by atoms with Crippen molar-refractivity contribution >= 4 is 15.9 Å². The summed E-state index contributed by atoms with van der Waals surface area (Å²) in [7, 11) is 0. The number of ether oxygens (including phenoxy) is 1. The Labute approximate surface area is 95.1 Å². The number of halogens is 1. The van der Waals surface area contributed by atoms with E-state index in [1.165, 1.54) is 25.9 Å². The van der Waals surface area contributed by atoms with E-state index in [1.54, 1.807) is 0 Å². The summed E-state index contributed by atoms with van der Waals surface area (Å²) in [5.74, 6) is 1.70. The Bertz CT molecular complexity index is 182. The molecule has 0 aromatic rings. The molecule has 0 aromatic carbocycles. The standard InChI is InChI=1S/C11H20BrNO/c1-9-4-10(5-12)7-13(6-9)11-2-3-14-8-11/h9-11H,2-8H2,1H3. The maximum absolute atomic E-state index is 5.46. The molecule has 0 spiro atoms. The molecule has 14 heavy (non-hydrogen) atoms. The molecule has 0 N–H and O–H groups in total. The molecular formula is C11H20BrNO. The Balaban J connectivity index is 1.90. The van der Waals surface area contributed by atoms with Gasteiger partial charge in [0.2, 0.25) is 0 Å². The second-order valence-corrected chi connectivity index (χ2v) is 5.48. The van der Waals surface area contributed by atoms with Gasteiger partial charge in [0, 0.05) is 31.1 Å². The van der Waals surface area contributed by atoms with Gasteiger partial charge in [-0.2, -0.15) is 0 Å². The highest BCUT2D eigenvalue weighted by atomic mass is 79.9. The molecule has 2 aliphatic rings. The third kappa shape index (κ3) is 2.50. The number of piperidine rings is 1. The van der Waals surface area contributed by atoms with Crippen LogP contribution in [0.5, 0.6) is 0 Å². The van der Waals surface area contributed by atoms with E-state index in [-0.39, 0.29) is 0 Å². The number of hydrogen-bond donors (Lipinski definition) is 0. The van der Waals surface area contributed by atoms with Crippen molar-refractivity contribution in [3.8, 4) is 0 Å². The van der Waals surface area contributed by atoms with Crippen LogP contribution in [0, 0.1) is 11.8 Å². The molecule has 0 radical (unpaired) electrons. The van der Waals surface area contributed by atoms with E-state index in [2.05, 4.69) is 27.8 Å². The van der Waals surface area contributed by atoms with Crippen LogP contribution in [0.3, 0.4) is 0 Å². The number of alkyl halides is 1.